The topological polar surface area (TPSA) is 15.5 Å². The van der Waals surface area contributed by atoms with Gasteiger partial charge in [0.05, 0.1) is 12.5 Å². The maximum absolute atomic E-state index is 5.26. The Labute approximate surface area is 208 Å². The van der Waals surface area contributed by atoms with Crippen molar-refractivity contribution < 1.29 is 9.31 Å². The van der Waals surface area contributed by atoms with Crippen molar-refractivity contribution in [3.8, 4) is 5.75 Å². The molecule has 176 valence electrons. The van der Waals surface area contributed by atoms with Crippen molar-refractivity contribution >= 4 is 33.9 Å². The molecule has 0 aliphatic carbocycles. The molecule has 1 aliphatic rings. The van der Waals surface area contributed by atoms with Gasteiger partial charge in [-0.15, -0.1) is 0 Å². The van der Waals surface area contributed by atoms with Gasteiger partial charge in [-0.1, -0.05) is 48.5 Å². The molecule has 0 saturated carbocycles. The van der Waals surface area contributed by atoms with Gasteiger partial charge in [-0.25, -0.2) is 0 Å². The van der Waals surface area contributed by atoms with E-state index in [0.29, 0.717) is 0 Å². The molecule has 0 bridgehead atoms. The van der Waals surface area contributed by atoms with Crippen molar-refractivity contribution in [2.75, 3.05) is 26.1 Å². The van der Waals surface area contributed by atoms with Crippen molar-refractivity contribution in [1.29, 1.82) is 0 Å². The lowest BCUT2D eigenvalue weighted by molar-refractivity contribution is -0.401. The van der Waals surface area contributed by atoms with Crippen molar-refractivity contribution in [2.45, 2.75) is 25.8 Å². The number of rotatable bonds is 6. The minimum Gasteiger partial charge on any atom is -0.497 e. The molecule has 0 N–H and O–H groups in total. The molecule has 1 aliphatic heterocycles. The molecule has 5 rings (SSSR count). The smallest absolute Gasteiger partial charge is 0.210 e. The second kappa shape index (κ2) is 9.07. The van der Waals surface area contributed by atoms with Crippen molar-refractivity contribution in [3.63, 3.8) is 0 Å². The van der Waals surface area contributed by atoms with Gasteiger partial charge in [0.2, 0.25) is 5.69 Å². The third-order valence-corrected chi connectivity index (χ3v) is 7.24. The van der Waals surface area contributed by atoms with Gasteiger partial charge in [-0.3, -0.25) is 0 Å². The van der Waals surface area contributed by atoms with Gasteiger partial charge in [0.25, 0.3) is 0 Å². The standard InChI is InChI=1S/C32H33N2O/c1-32(2)30(34(4)29-20-15-25-8-6-7-9-28(25)31(29)32)21-14-23-10-16-26(17-11-23)33(3)22-24-12-18-27(35-5)19-13-24/h6-21H,22H2,1-5H3/q+1. The monoisotopic (exact) mass is 461 g/mol. The Morgan fingerprint density at radius 3 is 2.29 bits per heavy atom. The van der Waals surface area contributed by atoms with Gasteiger partial charge in [-0.2, -0.15) is 4.58 Å². The van der Waals surface area contributed by atoms with E-state index in [0.717, 1.165) is 12.3 Å². The summed E-state index contributed by atoms with van der Waals surface area (Å²) in [6, 6.07) is 30.2. The molecule has 4 aromatic rings. The van der Waals surface area contributed by atoms with Crippen LogP contribution in [0, 0.1) is 0 Å². The molecule has 0 aromatic heterocycles. The number of hydrogen-bond acceptors (Lipinski definition) is 2. The summed E-state index contributed by atoms with van der Waals surface area (Å²) < 4.78 is 7.61. The van der Waals surface area contributed by atoms with Crippen LogP contribution in [0.4, 0.5) is 11.4 Å². The van der Waals surface area contributed by atoms with Crippen molar-refractivity contribution in [1.82, 2.24) is 0 Å². The average Bonchev–Trinajstić information content (AvgIpc) is 3.08. The van der Waals surface area contributed by atoms with E-state index in [-0.39, 0.29) is 5.41 Å². The number of nitrogens with zero attached hydrogens (tertiary/aromatic N) is 2. The molecule has 0 unspecified atom stereocenters. The lowest BCUT2D eigenvalue weighted by Gasteiger charge is -2.20. The highest BCUT2D eigenvalue weighted by atomic mass is 16.5. The number of methoxy groups -OCH3 is 1. The Morgan fingerprint density at radius 2 is 1.57 bits per heavy atom. The van der Waals surface area contributed by atoms with Crippen LogP contribution >= 0.6 is 0 Å². The highest BCUT2D eigenvalue weighted by Crippen LogP contribution is 2.43. The van der Waals surface area contributed by atoms with E-state index in [9.17, 15) is 0 Å². The number of ether oxygens (including phenoxy) is 1. The minimum atomic E-state index is -0.0695. The Bertz CT molecular complexity index is 1430. The first-order chi connectivity index (χ1) is 16.9. The van der Waals surface area contributed by atoms with Gasteiger partial charge < -0.3 is 9.64 Å². The Kier molecular flexibility index (Phi) is 5.94. The van der Waals surface area contributed by atoms with Crippen LogP contribution in [0.15, 0.2) is 91.0 Å². The summed E-state index contributed by atoms with van der Waals surface area (Å²) in [5.41, 5.74) is 7.60. The number of fused-ring (bicyclic) bond motifs is 3. The summed E-state index contributed by atoms with van der Waals surface area (Å²) in [7, 11) is 6.00. The third kappa shape index (κ3) is 4.23. The SMILES string of the molecule is COc1ccc(CN(C)c2ccc(C=CC3=[N+](C)c4ccc5ccccc5c4C3(C)C)cc2)cc1. The summed E-state index contributed by atoms with van der Waals surface area (Å²) in [5, 5.41) is 2.64. The first-order valence-corrected chi connectivity index (χ1v) is 12.1. The summed E-state index contributed by atoms with van der Waals surface area (Å²) in [5.74, 6) is 0.887. The quantitative estimate of drug-likeness (QED) is 0.282. The highest BCUT2D eigenvalue weighted by molar-refractivity contribution is 6.09. The van der Waals surface area contributed by atoms with E-state index in [2.05, 4.69) is 122 Å². The predicted molar refractivity (Wildman–Crippen MR) is 148 cm³/mol. The number of allylic oxidation sites excluding steroid dienone is 1. The average molecular weight is 462 g/mol. The fraction of sp³-hybridized carbons (Fsp3) is 0.219. The minimum absolute atomic E-state index is 0.0695. The lowest BCUT2D eigenvalue weighted by Crippen LogP contribution is -2.26. The van der Waals surface area contributed by atoms with Crippen LogP contribution in [0.5, 0.6) is 5.75 Å². The van der Waals surface area contributed by atoms with Crippen LogP contribution in [-0.2, 0) is 12.0 Å². The zero-order chi connectivity index (χ0) is 24.6. The number of anilines is 1. The number of hydrogen-bond donors (Lipinski definition) is 0. The Balaban J connectivity index is 1.35. The molecule has 3 heteroatoms. The summed E-state index contributed by atoms with van der Waals surface area (Å²) in [6.07, 6.45) is 4.51. The zero-order valence-corrected chi connectivity index (χ0v) is 21.2. The maximum atomic E-state index is 5.26. The van der Waals surface area contributed by atoms with E-state index >= 15 is 0 Å². The summed E-state index contributed by atoms with van der Waals surface area (Å²) >= 11 is 0. The molecule has 0 radical (unpaired) electrons. The maximum Gasteiger partial charge on any atom is 0.210 e. The third-order valence-electron chi connectivity index (χ3n) is 7.24. The van der Waals surface area contributed by atoms with Gasteiger partial charge >= 0.3 is 0 Å². The van der Waals surface area contributed by atoms with Gasteiger partial charge in [0, 0.05) is 37.0 Å². The van der Waals surface area contributed by atoms with Crippen LogP contribution in [0.1, 0.15) is 30.5 Å². The molecule has 0 fully saturated rings. The highest BCUT2D eigenvalue weighted by Gasteiger charge is 2.44. The van der Waals surface area contributed by atoms with Crippen LogP contribution < -0.4 is 9.64 Å². The molecule has 0 amide bonds. The predicted octanol–water partition coefficient (Wildman–Crippen LogP) is 7.20. The molecule has 0 spiro atoms. The van der Waals surface area contributed by atoms with Gasteiger partial charge in [-0.05, 0) is 72.2 Å². The van der Waals surface area contributed by atoms with Gasteiger partial charge in [0.15, 0.2) is 5.71 Å². The molecule has 0 saturated heterocycles. The fourth-order valence-electron chi connectivity index (χ4n) is 5.30. The molecule has 35 heavy (non-hydrogen) atoms. The van der Waals surface area contributed by atoms with Gasteiger partial charge in [0.1, 0.15) is 12.8 Å². The lowest BCUT2D eigenvalue weighted by atomic mass is 9.79. The van der Waals surface area contributed by atoms with E-state index in [4.69, 9.17) is 4.74 Å². The van der Waals surface area contributed by atoms with Crippen LogP contribution in [0.3, 0.4) is 0 Å². The normalized spacial score (nSPS) is 14.5. The molecule has 4 aromatic carbocycles. The largest absolute Gasteiger partial charge is 0.497 e. The molecular weight excluding hydrogens is 428 g/mol. The van der Waals surface area contributed by atoms with Crippen molar-refractivity contribution in [3.05, 3.63) is 108 Å². The van der Waals surface area contributed by atoms with E-state index in [1.54, 1.807) is 7.11 Å². The second-order valence-electron chi connectivity index (χ2n) is 9.88. The van der Waals surface area contributed by atoms with E-state index in [1.807, 2.05) is 12.1 Å². The Morgan fingerprint density at radius 1 is 0.857 bits per heavy atom. The zero-order valence-electron chi connectivity index (χ0n) is 21.2. The fourth-order valence-corrected chi connectivity index (χ4v) is 5.30. The van der Waals surface area contributed by atoms with E-state index in [1.165, 1.54) is 44.5 Å². The van der Waals surface area contributed by atoms with E-state index < -0.39 is 0 Å². The summed E-state index contributed by atoms with van der Waals surface area (Å²) in [4.78, 5) is 2.26. The molecular formula is C32H33N2O+. The first kappa shape index (κ1) is 22.9. The summed E-state index contributed by atoms with van der Waals surface area (Å²) in [6.45, 7) is 5.51. The molecule has 3 nitrogen and oxygen atoms in total. The molecule has 1 heterocycles. The molecule has 0 atom stereocenters. The number of benzene rings is 4. The van der Waals surface area contributed by atoms with Crippen molar-refractivity contribution in [2.24, 2.45) is 0 Å². The van der Waals surface area contributed by atoms with Crippen LogP contribution in [0.2, 0.25) is 0 Å². The Hall–Kier alpha value is -3.85. The van der Waals surface area contributed by atoms with Crippen LogP contribution in [0.25, 0.3) is 16.8 Å². The first-order valence-electron chi connectivity index (χ1n) is 12.1. The van der Waals surface area contributed by atoms with Crippen LogP contribution in [-0.4, -0.2) is 31.5 Å². The second-order valence-corrected chi connectivity index (χ2v) is 9.88.